The molecule has 1 aromatic carbocycles. The summed E-state index contributed by atoms with van der Waals surface area (Å²) in [6.45, 7) is 3.90. The number of amides is 1. The highest BCUT2D eigenvalue weighted by molar-refractivity contribution is 5.94. The number of benzene rings is 1. The minimum absolute atomic E-state index is 0.0560. The van der Waals surface area contributed by atoms with Gasteiger partial charge in [0.1, 0.15) is 0 Å². The first-order valence-electron chi connectivity index (χ1n) is 6.69. The fourth-order valence-electron chi connectivity index (χ4n) is 1.63. The summed E-state index contributed by atoms with van der Waals surface area (Å²) < 4.78 is 23.9. The highest BCUT2D eigenvalue weighted by Gasteiger charge is 2.16. The summed E-state index contributed by atoms with van der Waals surface area (Å²) in [4.78, 5) is 22.9. The zero-order valence-corrected chi connectivity index (χ0v) is 12.4. The SMILES string of the molecule is COCCCNC(=O)C(C)Oc1ccc(C(C)=O)cc1F. The van der Waals surface area contributed by atoms with Crippen LogP contribution in [0.4, 0.5) is 4.39 Å². The summed E-state index contributed by atoms with van der Waals surface area (Å²) in [6.07, 6.45) is -0.137. The molecule has 0 saturated heterocycles. The third-order valence-electron chi connectivity index (χ3n) is 2.84. The number of hydrogen-bond acceptors (Lipinski definition) is 4. The molecule has 0 aromatic heterocycles. The van der Waals surface area contributed by atoms with Gasteiger partial charge >= 0.3 is 0 Å². The smallest absolute Gasteiger partial charge is 0.260 e. The van der Waals surface area contributed by atoms with E-state index < -0.39 is 11.9 Å². The lowest BCUT2D eigenvalue weighted by molar-refractivity contribution is -0.127. The largest absolute Gasteiger partial charge is 0.478 e. The molecule has 1 N–H and O–H groups in total. The molecule has 21 heavy (non-hydrogen) atoms. The average molecular weight is 297 g/mol. The maximum absolute atomic E-state index is 13.8. The zero-order chi connectivity index (χ0) is 15.8. The third-order valence-corrected chi connectivity index (χ3v) is 2.84. The van der Waals surface area contributed by atoms with Crippen LogP contribution in [0.25, 0.3) is 0 Å². The van der Waals surface area contributed by atoms with Gasteiger partial charge in [0.2, 0.25) is 0 Å². The monoisotopic (exact) mass is 297 g/mol. The number of hydrogen-bond donors (Lipinski definition) is 1. The molecule has 5 nitrogen and oxygen atoms in total. The van der Waals surface area contributed by atoms with Crippen molar-refractivity contribution in [3.8, 4) is 5.75 Å². The Morgan fingerprint density at radius 1 is 1.38 bits per heavy atom. The first-order chi connectivity index (χ1) is 9.95. The number of nitrogens with one attached hydrogen (secondary N) is 1. The maximum atomic E-state index is 13.8. The molecule has 1 rings (SSSR count). The highest BCUT2D eigenvalue weighted by Crippen LogP contribution is 2.20. The molecule has 0 bridgehead atoms. The second-order valence-corrected chi connectivity index (χ2v) is 4.60. The third kappa shape index (κ3) is 5.51. The van der Waals surface area contributed by atoms with Crippen LogP contribution in [0.2, 0.25) is 0 Å². The van der Waals surface area contributed by atoms with Crippen LogP contribution in [0, 0.1) is 5.82 Å². The van der Waals surface area contributed by atoms with E-state index >= 15 is 0 Å². The Bertz CT molecular complexity index is 504. The highest BCUT2D eigenvalue weighted by atomic mass is 19.1. The number of Topliss-reactive ketones (excluding diaryl/α,β-unsaturated/α-hetero) is 1. The van der Waals surface area contributed by atoms with Gasteiger partial charge in [-0.25, -0.2) is 4.39 Å². The molecule has 0 heterocycles. The molecule has 0 spiro atoms. The van der Waals surface area contributed by atoms with Crippen molar-refractivity contribution in [2.75, 3.05) is 20.3 Å². The van der Waals surface area contributed by atoms with E-state index in [9.17, 15) is 14.0 Å². The van der Waals surface area contributed by atoms with Gasteiger partial charge in [-0.05, 0) is 38.5 Å². The first kappa shape index (κ1) is 17.1. The van der Waals surface area contributed by atoms with Crippen LogP contribution in [-0.2, 0) is 9.53 Å². The molecule has 0 saturated carbocycles. The van der Waals surface area contributed by atoms with Gasteiger partial charge in [0.25, 0.3) is 5.91 Å². The minimum Gasteiger partial charge on any atom is -0.478 e. The van der Waals surface area contributed by atoms with Crippen molar-refractivity contribution in [2.45, 2.75) is 26.4 Å². The Balaban J connectivity index is 2.56. The Labute approximate surface area is 123 Å². The van der Waals surface area contributed by atoms with Crippen LogP contribution in [-0.4, -0.2) is 38.1 Å². The number of ketones is 1. The van der Waals surface area contributed by atoms with Crippen LogP contribution < -0.4 is 10.1 Å². The van der Waals surface area contributed by atoms with Crippen molar-refractivity contribution < 1.29 is 23.5 Å². The summed E-state index contributed by atoms with van der Waals surface area (Å²) in [5, 5.41) is 2.67. The Morgan fingerprint density at radius 2 is 2.10 bits per heavy atom. The maximum Gasteiger partial charge on any atom is 0.260 e. The van der Waals surface area contributed by atoms with E-state index in [1.807, 2.05) is 0 Å². The van der Waals surface area contributed by atoms with Gasteiger partial charge in [-0.1, -0.05) is 0 Å². The van der Waals surface area contributed by atoms with E-state index in [1.165, 1.54) is 26.0 Å². The number of methoxy groups -OCH3 is 1. The predicted octanol–water partition coefficient (Wildman–Crippen LogP) is 1.95. The van der Waals surface area contributed by atoms with Gasteiger partial charge in [0.05, 0.1) is 0 Å². The fourth-order valence-corrected chi connectivity index (χ4v) is 1.63. The van der Waals surface area contributed by atoms with Crippen LogP contribution in [0.15, 0.2) is 18.2 Å². The molecular weight excluding hydrogens is 277 g/mol. The van der Waals surface area contributed by atoms with E-state index in [4.69, 9.17) is 9.47 Å². The Kier molecular flexibility index (Phi) is 6.81. The van der Waals surface area contributed by atoms with Crippen LogP contribution in [0.1, 0.15) is 30.6 Å². The molecule has 116 valence electrons. The minimum atomic E-state index is -0.828. The van der Waals surface area contributed by atoms with E-state index in [1.54, 1.807) is 7.11 Å². The number of rotatable bonds is 8. The number of halogens is 1. The zero-order valence-electron chi connectivity index (χ0n) is 12.4. The number of ether oxygens (including phenoxy) is 2. The van der Waals surface area contributed by atoms with Crippen molar-refractivity contribution >= 4 is 11.7 Å². The average Bonchev–Trinajstić information content (AvgIpc) is 2.45. The van der Waals surface area contributed by atoms with E-state index in [2.05, 4.69) is 5.32 Å². The lowest BCUT2D eigenvalue weighted by Crippen LogP contribution is -2.37. The molecule has 1 aromatic rings. The van der Waals surface area contributed by atoms with Gasteiger partial charge in [-0.2, -0.15) is 0 Å². The summed E-state index contributed by atoms with van der Waals surface area (Å²) >= 11 is 0. The van der Waals surface area contributed by atoms with E-state index in [-0.39, 0.29) is 23.0 Å². The van der Waals surface area contributed by atoms with Crippen molar-refractivity contribution in [1.82, 2.24) is 5.32 Å². The molecule has 0 radical (unpaired) electrons. The van der Waals surface area contributed by atoms with Crippen LogP contribution >= 0.6 is 0 Å². The number of carbonyl (C=O) groups is 2. The van der Waals surface area contributed by atoms with Crippen LogP contribution in [0.3, 0.4) is 0 Å². The molecule has 1 amide bonds. The van der Waals surface area contributed by atoms with E-state index in [0.29, 0.717) is 19.6 Å². The van der Waals surface area contributed by atoms with Gasteiger partial charge in [0.15, 0.2) is 23.5 Å². The summed E-state index contributed by atoms with van der Waals surface area (Å²) in [6, 6.07) is 3.91. The quantitative estimate of drug-likeness (QED) is 0.588. The molecule has 6 heteroatoms. The summed E-state index contributed by atoms with van der Waals surface area (Å²) in [5.74, 6) is -1.29. The lowest BCUT2D eigenvalue weighted by atomic mass is 10.1. The summed E-state index contributed by atoms with van der Waals surface area (Å²) in [5.41, 5.74) is 0.261. The van der Waals surface area contributed by atoms with Crippen molar-refractivity contribution in [3.63, 3.8) is 0 Å². The van der Waals surface area contributed by atoms with Crippen molar-refractivity contribution in [1.29, 1.82) is 0 Å². The molecule has 1 atom stereocenters. The number of carbonyl (C=O) groups excluding carboxylic acids is 2. The van der Waals surface area contributed by atoms with Crippen molar-refractivity contribution in [3.05, 3.63) is 29.6 Å². The molecule has 0 fully saturated rings. The molecule has 0 aliphatic rings. The van der Waals surface area contributed by atoms with E-state index in [0.717, 1.165) is 6.07 Å². The predicted molar refractivity (Wildman–Crippen MR) is 76.0 cm³/mol. The van der Waals surface area contributed by atoms with Gasteiger partial charge < -0.3 is 14.8 Å². The van der Waals surface area contributed by atoms with Gasteiger partial charge in [-0.15, -0.1) is 0 Å². The second kappa shape index (κ2) is 8.36. The molecule has 1 unspecified atom stereocenters. The molecular formula is C15H20FNO4. The normalized spacial score (nSPS) is 11.8. The van der Waals surface area contributed by atoms with Crippen molar-refractivity contribution in [2.24, 2.45) is 0 Å². The first-order valence-corrected chi connectivity index (χ1v) is 6.69. The molecule has 0 aliphatic heterocycles. The lowest BCUT2D eigenvalue weighted by Gasteiger charge is -2.15. The van der Waals surface area contributed by atoms with Crippen LogP contribution in [0.5, 0.6) is 5.75 Å². The molecule has 0 aliphatic carbocycles. The Morgan fingerprint density at radius 3 is 2.67 bits per heavy atom. The van der Waals surface area contributed by atoms with Gasteiger partial charge in [0, 0.05) is 25.8 Å². The summed E-state index contributed by atoms with van der Waals surface area (Å²) in [7, 11) is 1.58. The standard InChI is InChI=1S/C15H20FNO4/c1-10(18)12-5-6-14(13(16)9-12)21-11(2)15(19)17-7-4-8-20-3/h5-6,9,11H,4,7-8H2,1-3H3,(H,17,19). The Hall–Kier alpha value is -1.95. The topological polar surface area (TPSA) is 64.6 Å². The second-order valence-electron chi connectivity index (χ2n) is 4.60. The van der Waals surface area contributed by atoms with Gasteiger partial charge in [-0.3, -0.25) is 9.59 Å². The fraction of sp³-hybridized carbons (Fsp3) is 0.467.